The lowest BCUT2D eigenvalue weighted by atomic mass is 10.1. The summed E-state index contributed by atoms with van der Waals surface area (Å²) < 4.78 is 0. The molecule has 9 heteroatoms. The number of anilines is 1. The zero-order valence-corrected chi connectivity index (χ0v) is 14.7. The molecule has 1 N–H and O–H groups in total. The van der Waals surface area contributed by atoms with E-state index in [1.54, 1.807) is 26.8 Å². The Labute approximate surface area is 148 Å². The van der Waals surface area contributed by atoms with Crippen molar-refractivity contribution in [2.45, 2.75) is 25.8 Å². The second-order valence-corrected chi connectivity index (χ2v) is 6.16. The quantitative estimate of drug-likeness (QED) is 0.378. The average molecular weight is 357 g/mol. The normalized spacial score (nSPS) is 10.2. The van der Waals surface area contributed by atoms with Crippen LogP contribution >= 0.6 is 11.8 Å². The molecule has 0 saturated carbocycles. The molecule has 128 valence electrons. The summed E-state index contributed by atoms with van der Waals surface area (Å²) in [7, 11) is 0. The Morgan fingerprint density at radius 1 is 1.36 bits per heavy atom. The van der Waals surface area contributed by atoms with E-state index in [0.29, 0.717) is 33.4 Å². The number of nitriles is 1. The van der Waals surface area contributed by atoms with Crippen molar-refractivity contribution < 1.29 is 9.72 Å². The number of carbonyl (C=O) groups excluding carboxylic acids is 1. The van der Waals surface area contributed by atoms with E-state index in [1.807, 2.05) is 6.07 Å². The second kappa shape index (κ2) is 7.72. The molecule has 8 nitrogen and oxygen atoms in total. The first-order valence-electron chi connectivity index (χ1n) is 7.25. The van der Waals surface area contributed by atoms with Crippen LogP contribution in [0.3, 0.4) is 0 Å². The van der Waals surface area contributed by atoms with E-state index in [0.717, 1.165) is 11.8 Å². The molecule has 2 rings (SSSR count). The van der Waals surface area contributed by atoms with Crippen LogP contribution < -0.4 is 5.32 Å². The third kappa shape index (κ3) is 4.30. The number of rotatable bonds is 5. The Hall–Kier alpha value is -2.99. The number of nitro groups is 1. The van der Waals surface area contributed by atoms with Crippen LogP contribution in [0.15, 0.2) is 23.2 Å². The van der Waals surface area contributed by atoms with Gasteiger partial charge >= 0.3 is 0 Å². The Morgan fingerprint density at radius 3 is 2.72 bits per heavy atom. The number of aromatic nitrogens is 2. The predicted molar refractivity (Wildman–Crippen MR) is 93.4 cm³/mol. The predicted octanol–water partition coefficient (Wildman–Crippen LogP) is 2.91. The molecule has 1 heterocycles. The summed E-state index contributed by atoms with van der Waals surface area (Å²) in [4.78, 5) is 30.9. The van der Waals surface area contributed by atoms with E-state index in [2.05, 4.69) is 15.3 Å². The Kier molecular flexibility index (Phi) is 5.67. The van der Waals surface area contributed by atoms with E-state index in [-0.39, 0.29) is 17.3 Å². The van der Waals surface area contributed by atoms with Crippen LogP contribution in [0.5, 0.6) is 0 Å². The minimum absolute atomic E-state index is 0.0205. The van der Waals surface area contributed by atoms with Crippen LogP contribution in [-0.2, 0) is 4.79 Å². The van der Waals surface area contributed by atoms with Crippen LogP contribution in [0.25, 0.3) is 0 Å². The number of aryl methyl sites for hydroxylation is 2. The van der Waals surface area contributed by atoms with Crippen molar-refractivity contribution in [1.82, 2.24) is 9.97 Å². The molecular weight excluding hydrogens is 342 g/mol. The first kappa shape index (κ1) is 18.4. The first-order chi connectivity index (χ1) is 11.8. The average Bonchev–Trinajstić information content (AvgIpc) is 2.54. The first-order valence-corrected chi connectivity index (χ1v) is 8.24. The number of carbonyl (C=O) groups is 1. The van der Waals surface area contributed by atoms with Gasteiger partial charge in [0.05, 0.1) is 27.6 Å². The van der Waals surface area contributed by atoms with Crippen molar-refractivity contribution in [3.63, 3.8) is 0 Å². The van der Waals surface area contributed by atoms with Gasteiger partial charge < -0.3 is 5.32 Å². The highest BCUT2D eigenvalue weighted by Gasteiger charge is 2.16. The maximum Gasteiger partial charge on any atom is 0.274 e. The summed E-state index contributed by atoms with van der Waals surface area (Å²) in [5, 5.41) is 23.2. The smallest absolute Gasteiger partial charge is 0.274 e. The third-order valence-corrected chi connectivity index (χ3v) is 4.37. The van der Waals surface area contributed by atoms with Crippen LogP contribution in [-0.4, -0.2) is 26.6 Å². The summed E-state index contributed by atoms with van der Waals surface area (Å²) in [5.74, 6) is 0.201. The number of hydrogen-bond donors (Lipinski definition) is 1. The van der Waals surface area contributed by atoms with Crippen molar-refractivity contribution in [2.24, 2.45) is 0 Å². The minimum atomic E-state index is -0.495. The summed E-state index contributed by atoms with van der Waals surface area (Å²) in [6, 6.07) is 6.54. The van der Waals surface area contributed by atoms with Crippen molar-refractivity contribution in [3.8, 4) is 6.07 Å². The molecule has 0 spiro atoms. The van der Waals surface area contributed by atoms with E-state index in [9.17, 15) is 20.2 Å². The standard InChI is InChI=1S/C16H15N5O3S/c1-9-13(5-4-6-14(9)21(23)24)20-15(22)8-25-16-12(7-17)10(2)18-11(3)19-16/h4-6H,8H2,1-3H3,(H,20,22). The number of thioether (sulfide) groups is 1. The minimum Gasteiger partial charge on any atom is -0.325 e. The van der Waals surface area contributed by atoms with Crippen LogP contribution in [0.2, 0.25) is 0 Å². The van der Waals surface area contributed by atoms with Gasteiger partial charge in [-0.3, -0.25) is 14.9 Å². The number of nitrogens with zero attached hydrogens (tertiary/aromatic N) is 4. The van der Waals surface area contributed by atoms with E-state index >= 15 is 0 Å². The van der Waals surface area contributed by atoms with Crippen molar-refractivity contribution in [2.75, 3.05) is 11.1 Å². The maximum atomic E-state index is 12.2. The number of nitrogens with one attached hydrogen (secondary N) is 1. The molecule has 2 aromatic rings. The third-order valence-electron chi connectivity index (χ3n) is 3.40. The molecule has 0 aliphatic heterocycles. The van der Waals surface area contributed by atoms with Gasteiger partial charge in [0, 0.05) is 6.07 Å². The highest BCUT2D eigenvalue weighted by atomic mass is 32.2. The molecule has 0 unspecified atom stereocenters. The van der Waals surface area contributed by atoms with Gasteiger partial charge in [-0.15, -0.1) is 0 Å². The summed E-state index contributed by atoms with van der Waals surface area (Å²) in [6.07, 6.45) is 0. The van der Waals surface area contributed by atoms with E-state index in [4.69, 9.17) is 0 Å². The van der Waals surface area contributed by atoms with Gasteiger partial charge in [-0.2, -0.15) is 5.26 Å². The van der Waals surface area contributed by atoms with Crippen molar-refractivity contribution in [3.05, 3.63) is 51.0 Å². The molecule has 1 aromatic heterocycles. The zero-order chi connectivity index (χ0) is 18.6. The lowest BCUT2D eigenvalue weighted by Crippen LogP contribution is -2.15. The van der Waals surface area contributed by atoms with Crippen LogP contribution in [0, 0.1) is 42.2 Å². The highest BCUT2D eigenvalue weighted by molar-refractivity contribution is 8.00. The van der Waals surface area contributed by atoms with Crippen LogP contribution in [0.1, 0.15) is 22.6 Å². The molecule has 0 radical (unpaired) electrons. The van der Waals surface area contributed by atoms with Gasteiger partial charge in [0.1, 0.15) is 22.5 Å². The van der Waals surface area contributed by atoms with E-state index in [1.165, 1.54) is 12.1 Å². The number of nitro benzene ring substituents is 1. The van der Waals surface area contributed by atoms with Crippen molar-refractivity contribution >= 4 is 29.0 Å². The Bertz CT molecular complexity index is 892. The molecule has 0 aliphatic carbocycles. The molecule has 0 fully saturated rings. The summed E-state index contributed by atoms with van der Waals surface area (Å²) in [5.41, 5.74) is 1.62. The van der Waals surface area contributed by atoms with Gasteiger partial charge in [0.15, 0.2) is 0 Å². The summed E-state index contributed by atoms with van der Waals surface area (Å²) >= 11 is 1.12. The summed E-state index contributed by atoms with van der Waals surface area (Å²) in [6.45, 7) is 5.00. The van der Waals surface area contributed by atoms with Gasteiger partial charge in [0.25, 0.3) is 5.69 Å². The SMILES string of the molecule is Cc1nc(C)c(C#N)c(SCC(=O)Nc2cccc([N+](=O)[O-])c2C)n1. The fourth-order valence-corrected chi connectivity index (χ4v) is 3.07. The Morgan fingerprint density at radius 2 is 2.08 bits per heavy atom. The molecular formula is C16H15N5O3S. The lowest BCUT2D eigenvalue weighted by Gasteiger charge is -2.09. The zero-order valence-electron chi connectivity index (χ0n) is 13.9. The molecule has 0 aliphatic rings. The molecule has 0 bridgehead atoms. The molecule has 0 atom stereocenters. The van der Waals surface area contributed by atoms with Crippen LogP contribution in [0.4, 0.5) is 11.4 Å². The molecule has 1 amide bonds. The largest absolute Gasteiger partial charge is 0.325 e. The number of hydrogen-bond acceptors (Lipinski definition) is 7. The Balaban J connectivity index is 2.12. The fourth-order valence-electron chi connectivity index (χ4n) is 2.19. The fraction of sp³-hybridized carbons (Fsp3) is 0.250. The second-order valence-electron chi connectivity index (χ2n) is 5.19. The van der Waals surface area contributed by atoms with Gasteiger partial charge in [-0.25, -0.2) is 9.97 Å². The molecule has 0 saturated heterocycles. The lowest BCUT2D eigenvalue weighted by molar-refractivity contribution is -0.385. The molecule has 25 heavy (non-hydrogen) atoms. The van der Waals surface area contributed by atoms with Gasteiger partial charge in [0.2, 0.25) is 5.91 Å². The molecule has 1 aromatic carbocycles. The monoisotopic (exact) mass is 357 g/mol. The number of amides is 1. The maximum absolute atomic E-state index is 12.2. The number of benzene rings is 1. The van der Waals surface area contributed by atoms with E-state index < -0.39 is 4.92 Å². The topological polar surface area (TPSA) is 122 Å². The van der Waals surface area contributed by atoms with Gasteiger partial charge in [-0.1, -0.05) is 17.8 Å². The van der Waals surface area contributed by atoms with Crippen molar-refractivity contribution in [1.29, 1.82) is 5.26 Å². The van der Waals surface area contributed by atoms with Gasteiger partial charge in [-0.05, 0) is 26.8 Å². The highest BCUT2D eigenvalue weighted by Crippen LogP contribution is 2.26.